The summed E-state index contributed by atoms with van der Waals surface area (Å²) in [7, 11) is 1.39. The second-order valence-electron chi connectivity index (χ2n) is 4.60. The van der Waals surface area contributed by atoms with Gasteiger partial charge in [-0.05, 0) is 19.4 Å². The smallest absolute Gasteiger partial charge is 0.409 e. The monoisotopic (exact) mass is 244 g/mol. The highest BCUT2D eigenvalue weighted by molar-refractivity contribution is 5.67. The zero-order valence-electron chi connectivity index (χ0n) is 11.0. The lowest BCUT2D eigenvalue weighted by Crippen LogP contribution is -2.53. The maximum Gasteiger partial charge on any atom is 0.409 e. The molecule has 3 atom stereocenters. The third kappa shape index (κ3) is 3.85. The van der Waals surface area contributed by atoms with E-state index in [4.69, 9.17) is 4.74 Å². The van der Waals surface area contributed by atoms with E-state index in [1.165, 1.54) is 7.11 Å². The molecule has 100 valence electrons. The molecule has 0 aromatic heterocycles. The second kappa shape index (κ2) is 6.81. The van der Waals surface area contributed by atoms with Crippen LogP contribution in [-0.2, 0) is 4.74 Å². The molecule has 0 saturated carbocycles. The molecule has 1 rings (SSSR count). The number of nitrogens with zero attached hydrogens (tertiary/aromatic N) is 1. The number of amides is 1. The van der Waals surface area contributed by atoms with Crippen LogP contribution in [0.4, 0.5) is 4.79 Å². The van der Waals surface area contributed by atoms with Crippen LogP contribution < -0.4 is 5.32 Å². The number of likely N-dealkylation sites (N-methyl/N-ethyl adjacent to an activating group) is 1. The molecule has 0 aromatic carbocycles. The summed E-state index contributed by atoms with van der Waals surface area (Å²) in [5, 5.41) is 13.3. The van der Waals surface area contributed by atoms with Gasteiger partial charge >= 0.3 is 6.09 Å². The summed E-state index contributed by atoms with van der Waals surface area (Å²) < 4.78 is 4.76. The highest BCUT2D eigenvalue weighted by Crippen LogP contribution is 2.22. The van der Waals surface area contributed by atoms with Crippen molar-refractivity contribution in [3.8, 4) is 0 Å². The van der Waals surface area contributed by atoms with Crippen LogP contribution in [0.5, 0.6) is 0 Å². The van der Waals surface area contributed by atoms with Crippen LogP contribution in [-0.4, -0.2) is 55.0 Å². The molecule has 17 heavy (non-hydrogen) atoms. The van der Waals surface area contributed by atoms with Crippen LogP contribution in [0.3, 0.4) is 0 Å². The van der Waals surface area contributed by atoms with Crippen LogP contribution in [0.1, 0.15) is 26.7 Å². The van der Waals surface area contributed by atoms with Crippen LogP contribution in [0, 0.1) is 5.92 Å². The molecule has 1 heterocycles. The number of methoxy groups -OCH3 is 1. The fourth-order valence-electron chi connectivity index (χ4n) is 2.46. The van der Waals surface area contributed by atoms with Gasteiger partial charge in [0.15, 0.2) is 0 Å². The Labute approximate surface area is 103 Å². The molecule has 1 saturated heterocycles. The zero-order valence-corrected chi connectivity index (χ0v) is 11.0. The van der Waals surface area contributed by atoms with Crippen molar-refractivity contribution in [3.63, 3.8) is 0 Å². The predicted molar refractivity (Wildman–Crippen MR) is 65.8 cm³/mol. The number of carbonyl (C=O) groups is 1. The lowest BCUT2D eigenvalue weighted by atomic mass is 9.88. The summed E-state index contributed by atoms with van der Waals surface area (Å²) in [5.74, 6) is 0.136. The average Bonchev–Trinajstić information content (AvgIpc) is 2.36. The SMILES string of the molecule is CCNC1CC(C(O)CC)CN(C(=O)OC)C1. The van der Waals surface area contributed by atoms with Crippen molar-refractivity contribution in [2.45, 2.75) is 38.8 Å². The molecule has 0 spiro atoms. The number of ether oxygens (including phenoxy) is 1. The molecule has 1 amide bonds. The van der Waals surface area contributed by atoms with Crippen molar-refractivity contribution in [2.75, 3.05) is 26.7 Å². The van der Waals surface area contributed by atoms with E-state index in [1.54, 1.807) is 4.90 Å². The van der Waals surface area contributed by atoms with E-state index in [1.807, 2.05) is 13.8 Å². The molecular weight excluding hydrogens is 220 g/mol. The largest absolute Gasteiger partial charge is 0.453 e. The fraction of sp³-hybridized carbons (Fsp3) is 0.917. The Morgan fingerprint density at radius 1 is 1.53 bits per heavy atom. The molecule has 0 radical (unpaired) electrons. The summed E-state index contributed by atoms with van der Waals surface area (Å²) in [6, 6.07) is 0.249. The fourth-order valence-corrected chi connectivity index (χ4v) is 2.46. The summed E-state index contributed by atoms with van der Waals surface area (Å²) in [6.45, 7) is 6.12. The van der Waals surface area contributed by atoms with Crippen LogP contribution >= 0.6 is 0 Å². The molecule has 1 fully saturated rings. The molecule has 5 heteroatoms. The molecule has 0 bridgehead atoms. The van der Waals surface area contributed by atoms with Crippen molar-refractivity contribution in [1.29, 1.82) is 0 Å². The Morgan fingerprint density at radius 3 is 2.76 bits per heavy atom. The van der Waals surface area contributed by atoms with Crippen molar-refractivity contribution in [2.24, 2.45) is 5.92 Å². The van der Waals surface area contributed by atoms with Gasteiger partial charge in [-0.25, -0.2) is 4.79 Å². The Balaban J connectivity index is 2.65. The van der Waals surface area contributed by atoms with Gasteiger partial charge in [0.1, 0.15) is 0 Å². The van der Waals surface area contributed by atoms with Crippen molar-refractivity contribution < 1.29 is 14.6 Å². The minimum Gasteiger partial charge on any atom is -0.453 e. The number of aliphatic hydroxyl groups is 1. The second-order valence-corrected chi connectivity index (χ2v) is 4.60. The molecule has 5 nitrogen and oxygen atoms in total. The number of hydrogen-bond acceptors (Lipinski definition) is 4. The molecule has 2 N–H and O–H groups in total. The van der Waals surface area contributed by atoms with Gasteiger partial charge in [0.05, 0.1) is 13.2 Å². The number of rotatable bonds is 4. The van der Waals surface area contributed by atoms with Gasteiger partial charge in [0.25, 0.3) is 0 Å². The van der Waals surface area contributed by atoms with E-state index in [2.05, 4.69) is 5.32 Å². The van der Waals surface area contributed by atoms with Crippen molar-refractivity contribution >= 4 is 6.09 Å². The Kier molecular flexibility index (Phi) is 5.71. The zero-order chi connectivity index (χ0) is 12.8. The Bertz CT molecular complexity index is 248. The molecule has 0 aromatic rings. The number of aliphatic hydroxyl groups excluding tert-OH is 1. The van der Waals surface area contributed by atoms with Gasteiger partial charge in [0.2, 0.25) is 0 Å². The first-order valence-electron chi connectivity index (χ1n) is 6.36. The standard InChI is InChI=1S/C12H24N2O3/c1-4-11(15)9-6-10(13-5-2)8-14(7-9)12(16)17-3/h9-11,13,15H,4-8H2,1-3H3. The van der Waals surface area contributed by atoms with Crippen molar-refractivity contribution in [1.82, 2.24) is 10.2 Å². The molecular formula is C12H24N2O3. The minimum absolute atomic E-state index is 0.136. The van der Waals surface area contributed by atoms with Gasteiger partial charge in [-0.15, -0.1) is 0 Å². The van der Waals surface area contributed by atoms with Crippen molar-refractivity contribution in [3.05, 3.63) is 0 Å². The molecule has 3 unspecified atom stereocenters. The van der Waals surface area contributed by atoms with Gasteiger partial charge in [-0.3, -0.25) is 0 Å². The maximum absolute atomic E-state index is 11.6. The number of hydrogen-bond donors (Lipinski definition) is 2. The van der Waals surface area contributed by atoms with E-state index >= 15 is 0 Å². The van der Waals surface area contributed by atoms with Crippen LogP contribution in [0.25, 0.3) is 0 Å². The number of piperidine rings is 1. The molecule has 1 aliphatic rings. The van der Waals surface area contributed by atoms with E-state index in [0.29, 0.717) is 13.1 Å². The summed E-state index contributed by atoms with van der Waals surface area (Å²) >= 11 is 0. The topological polar surface area (TPSA) is 61.8 Å². The van der Waals surface area contributed by atoms with Crippen LogP contribution in [0.15, 0.2) is 0 Å². The normalized spacial score (nSPS) is 26.7. The van der Waals surface area contributed by atoms with E-state index in [-0.39, 0.29) is 24.2 Å². The maximum atomic E-state index is 11.6. The van der Waals surface area contributed by atoms with Gasteiger partial charge in [0, 0.05) is 25.0 Å². The Hall–Kier alpha value is -0.810. The Morgan fingerprint density at radius 2 is 2.24 bits per heavy atom. The minimum atomic E-state index is -0.344. The van der Waals surface area contributed by atoms with E-state index < -0.39 is 0 Å². The first kappa shape index (κ1) is 14.3. The third-order valence-electron chi connectivity index (χ3n) is 3.37. The average molecular weight is 244 g/mol. The van der Waals surface area contributed by atoms with Gasteiger partial charge in [-0.2, -0.15) is 0 Å². The number of nitrogens with one attached hydrogen (secondary N) is 1. The first-order valence-corrected chi connectivity index (χ1v) is 6.36. The lowest BCUT2D eigenvalue weighted by Gasteiger charge is -2.39. The van der Waals surface area contributed by atoms with E-state index in [0.717, 1.165) is 19.4 Å². The summed E-state index contributed by atoms with van der Waals surface area (Å²) in [4.78, 5) is 13.2. The predicted octanol–water partition coefficient (Wildman–Crippen LogP) is 0.824. The lowest BCUT2D eigenvalue weighted by molar-refractivity contribution is 0.0330. The summed E-state index contributed by atoms with van der Waals surface area (Å²) in [6.07, 6.45) is 0.985. The number of carbonyl (C=O) groups excluding carboxylic acids is 1. The molecule has 1 aliphatic heterocycles. The van der Waals surface area contributed by atoms with Gasteiger partial charge in [-0.1, -0.05) is 13.8 Å². The van der Waals surface area contributed by atoms with E-state index in [9.17, 15) is 9.90 Å². The highest BCUT2D eigenvalue weighted by Gasteiger charge is 2.33. The first-order chi connectivity index (χ1) is 8.12. The summed E-state index contributed by atoms with van der Waals surface area (Å²) in [5.41, 5.74) is 0. The van der Waals surface area contributed by atoms with Crippen LogP contribution in [0.2, 0.25) is 0 Å². The van der Waals surface area contributed by atoms with Gasteiger partial charge < -0.3 is 20.1 Å². The third-order valence-corrected chi connectivity index (χ3v) is 3.37. The molecule has 0 aliphatic carbocycles. The quantitative estimate of drug-likeness (QED) is 0.768. The number of likely N-dealkylation sites (tertiary alicyclic amines) is 1. The highest BCUT2D eigenvalue weighted by atomic mass is 16.5.